The van der Waals surface area contributed by atoms with E-state index in [-0.39, 0.29) is 34.4 Å². The summed E-state index contributed by atoms with van der Waals surface area (Å²) in [4.78, 5) is 37.0. The van der Waals surface area contributed by atoms with Gasteiger partial charge in [-0.25, -0.2) is 4.79 Å². The third kappa shape index (κ3) is 4.38. The Kier molecular flexibility index (Phi) is 5.90. The lowest BCUT2D eigenvalue weighted by Crippen LogP contribution is -2.48. The molecular formula is C20H16N2O7S2. The van der Waals surface area contributed by atoms with E-state index in [1.54, 1.807) is 30.5 Å². The highest BCUT2D eigenvalue weighted by Crippen LogP contribution is 2.47. The smallest absolute Gasteiger partial charge is 0.359 e. The van der Waals surface area contributed by atoms with E-state index in [0.717, 1.165) is 0 Å². The van der Waals surface area contributed by atoms with E-state index in [4.69, 9.17) is 9.47 Å². The highest BCUT2D eigenvalue weighted by molar-refractivity contribution is 8.03. The van der Waals surface area contributed by atoms with Gasteiger partial charge in [-0.3, -0.25) is 19.8 Å². The lowest BCUT2D eigenvalue weighted by molar-refractivity contribution is -0.384. The maximum absolute atomic E-state index is 12.8. The van der Waals surface area contributed by atoms with Crippen LogP contribution in [-0.4, -0.2) is 37.9 Å². The molecule has 1 amide bonds. The number of nitro benzene ring substituents is 1. The van der Waals surface area contributed by atoms with Gasteiger partial charge in [0.15, 0.2) is 15.7 Å². The summed E-state index contributed by atoms with van der Waals surface area (Å²) < 4.78 is 22.7. The minimum Gasteiger partial charge on any atom is -0.612 e. The van der Waals surface area contributed by atoms with E-state index in [0.29, 0.717) is 22.6 Å². The molecule has 2 atom stereocenters. The lowest BCUT2D eigenvalue weighted by atomic mass is 10.2. The Morgan fingerprint density at radius 3 is 2.48 bits per heavy atom. The zero-order valence-corrected chi connectivity index (χ0v) is 17.8. The molecule has 2 unspecified atom stereocenters. The van der Waals surface area contributed by atoms with Crippen molar-refractivity contribution in [3.05, 3.63) is 75.0 Å². The fourth-order valence-corrected chi connectivity index (χ4v) is 4.78. The predicted molar refractivity (Wildman–Crippen MR) is 112 cm³/mol. The van der Waals surface area contributed by atoms with Crippen molar-refractivity contribution >= 4 is 40.5 Å². The summed E-state index contributed by atoms with van der Waals surface area (Å²) in [6, 6.07) is 12.3. The zero-order chi connectivity index (χ0) is 22.1. The average Bonchev–Trinajstić information content (AvgIpc) is 3.04. The Morgan fingerprint density at radius 2 is 1.90 bits per heavy atom. The van der Waals surface area contributed by atoms with E-state index in [2.05, 4.69) is 0 Å². The fourth-order valence-electron chi connectivity index (χ4n) is 3.02. The summed E-state index contributed by atoms with van der Waals surface area (Å²) in [5.74, 6) is -0.481. The van der Waals surface area contributed by atoms with Gasteiger partial charge in [0.05, 0.1) is 16.7 Å². The number of fused-ring (bicyclic) bond motifs is 1. The van der Waals surface area contributed by atoms with Gasteiger partial charge in [0.1, 0.15) is 18.6 Å². The molecule has 0 aliphatic carbocycles. The molecule has 1 saturated heterocycles. The number of carbonyl (C=O) groups excluding carboxylic acids is 2. The Labute approximate surface area is 184 Å². The van der Waals surface area contributed by atoms with Gasteiger partial charge in [0.25, 0.3) is 5.69 Å². The van der Waals surface area contributed by atoms with Crippen molar-refractivity contribution in [1.82, 2.24) is 4.90 Å². The van der Waals surface area contributed by atoms with Gasteiger partial charge in [0, 0.05) is 12.1 Å². The maximum atomic E-state index is 12.8. The SMILES string of the molecule is C[S+]([O-])c1ccc(OC2=C(C(=O)OCc3ccc([N+](=O)[O-])cc3)N3C(=O)CC3S2)cc1. The standard InChI is InChI=1S/C20H16N2O7S2/c1-31(27)15-8-6-14(7-9-15)29-20-18(21-16(23)10-17(21)30-20)19(24)28-11-12-2-4-13(5-3-12)22(25)26/h2-9,17H,10-11H2,1H3. The number of β-lactam (4-membered cyclic amide) rings is 1. The fraction of sp³-hybridized carbons (Fsp3) is 0.200. The number of benzene rings is 2. The van der Waals surface area contributed by atoms with Gasteiger partial charge in [-0.1, -0.05) is 11.8 Å². The molecule has 1 fully saturated rings. The molecule has 0 saturated carbocycles. The Bertz CT molecular complexity index is 1070. The number of non-ortho nitro benzene ring substituents is 1. The van der Waals surface area contributed by atoms with Crippen LogP contribution in [0.3, 0.4) is 0 Å². The molecule has 0 bridgehead atoms. The van der Waals surface area contributed by atoms with Crippen LogP contribution in [0.4, 0.5) is 5.69 Å². The first-order valence-electron chi connectivity index (χ1n) is 9.08. The predicted octanol–water partition coefficient (Wildman–Crippen LogP) is 2.93. The van der Waals surface area contributed by atoms with Crippen molar-refractivity contribution in [3.8, 4) is 5.75 Å². The quantitative estimate of drug-likeness (QED) is 0.203. The van der Waals surface area contributed by atoms with Crippen molar-refractivity contribution < 1.29 is 28.5 Å². The Hall–Kier alpha value is -3.02. The Balaban J connectivity index is 1.49. The van der Waals surface area contributed by atoms with Crippen molar-refractivity contribution in [2.24, 2.45) is 0 Å². The average molecular weight is 460 g/mol. The van der Waals surface area contributed by atoms with Gasteiger partial charge >= 0.3 is 5.97 Å². The minimum atomic E-state index is -1.12. The topological polar surface area (TPSA) is 122 Å². The summed E-state index contributed by atoms with van der Waals surface area (Å²) in [6.45, 7) is -0.109. The zero-order valence-electron chi connectivity index (χ0n) is 16.2. The van der Waals surface area contributed by atoms with Crippen LogP contribution >= 0.6 is 11.8 Å². The van der Waals surface area contributed by atoms with Crippen LogP contribution in [0.25, 0.3) is 0 Å². The minimum absolute atomic E-state index is 0.0382. The molecule has 31 heavy (non-hydrogen) atoms. The molecule has 2 heterocycles. The highest BCUT2D eigenvalue weighted by atomic mass is 32.2. The van der Waals surface area contributed by atoms with Gasteiger partial charge in [-0.15, -0.1) is 0 Å². The van der Waals surface area contributed by atoms with Crippen LogP contribution in [0.2, 0.25) is 0 Å². The number of esters is 1. The first kappa shape index (κ1) is 21.2. The lowest BCUT2D eigenvalue weighted by Gasteiger charge is -2.33. The number of hydrogen-bond acceptors (Lipinski definition) is 8. The maximum Gasteiger partial charge on any atom is 0.359 e. The highest BCUT2D eigenvalue weighted by Gasteiger charge is 2.50. The summed E-state index contributed by atoms with van der Waals surface area (Å²) in [6.07, 6.45) is 1.87. The molecule has 4 rings (SSSR count). The van der Waals surface area contributed by atoms with Gasteiger partial charge < -0.3 is 14.0 Å². The Morgan fingerprint density at radius 1 is 1.23 bits per heavy atom. The van der Waals surface area contributed by atoms with Crippen LogP contribution in [-0.2, 0) is 32.1 Å². The summed E-state index contributed by atoms with van der Waals surface area (Å²) in [7, 11) is 0. The molecule has 11 heteroatoms. The number of carbonyl (C=O) groups is 2. The molecule has 0 radical (unpaired) electrons. The molecular weight excluding hydrogens is 444 g/mol. The number of rotatable bonds is 7. The first-order valence-corrected chi connectivity index (χ1v) is 11.5. The van der Waals surface area contributed by atoms with Crippen LogP contribution in [0.15, 0.2) is 64.2 Å². The summed E-state index contributed by atoms with van der Waals surface area (Å²) in [5.41, 5.74) is 0.547. The van der Waals surface area contributed by atoms with Crippen LogP contribution in [0.5, 0.6) is 5.75 Å². The van der Waals surface area contributed by atoms with E-state index in [9.17, 15) is 24.3 Å². The second kappa shape index (κ2) is 8.61. The molecule has 0 spiro atoms. The van der Waals surface area contributed by atoms with E-state index >= 15 is 0 Å². The van der Waals surface area contributed by atoms with Gasteiger partial charge in [-0.2, -0.15) is 0 Å². The van der Waals surface area contributed by atoms with Crippen LogP contribution in [0, 0.1) is 10.1 Å². The van der Waals surface area contributed by atoms with Crippen molar-refractivity contribution in [2.75, 3.05) is 6.26 Å². The van der Waals surface area contributed by atoms with Crippen molar-refractivity contribution in [1.29, 1.82) is 0 Å². The number of nitro groups is 1. The van der Waals surface area contributed by atoms with Crippen molar-refractivity contribution in [3.63, 3.8) is 0 Å². The largest absolute Gasteiger partial charge is 0.612 e. The first-order chi connectivity index (χ1) is 14.8. The third-order valence-electron chi connectivity index (χ3n) is 4.66. The summed E-state index contributed by atoms with van der Waals surface area (Å²) >= 11 is 0.136. The molecule has 2 aromatic carbocycles. The molecule has 2 aromatic rings. The van der Waals surface area contributed by atoms with Gasteiger partial charge in [0.2, 0.25) is 5.91 Å². The third-order valence-corrected chi connectivity index (χ3v) is 6.74. The molecule has 0 aromatic heterocycles. The number of amides is 1. The molecule has 160 valence electrons. The molecule has 2 aliphatic rings. The number of thioether (sulfide) groups is 1. The number of nitrogens with zero attached hydrogens (tertiary/aromatic N) is 2. The van der Waals surface area contributed by atoms with Crippen LogP contribution < -0.4 is 4.74 Å². The van der Waals surface area contributed by atoms with Crippen LogP contribution in [0.1, 0.15) is 12.0 Å². The molecule has 0 N–H and O–H groups in total. The summed E-state index contributed by atoms with van der Waals surface area (Å²) in [5, 5.41) is 10.8. The molecule has 9 nitrogen and oxygen atoms in total. The van der Waals surface area contributed by atoms with Crippen molar-refractivity contribution in [2.45, 2.75) is 23.3 Å². The normalized spacial score (nSPS) is 18.3. The number of hydrogen-bond donors (Lipinski definition) is 0. The van der Waals surface area contributed by atoms with E-state index < -0.39 is 22.1 Å². The number of ether oxygens (including phenoxy) is 2. The monoisotopic (exact) mass is 460 g/mol. The second-order valence-corrected chi connectivity index (χ2v) is 9.23. The van der Waals surface area contributed by atoms with E-state index in [1.807, 2.05) is 0 Å². The van der Waals surface area contributed by atoms with E-state index in [1.165, 1.54) is 40.9 Å². The second-order valence-electron chi connectivity index (χ2n) is 6.70. The molecule has 2 aliphatic heterocycles. The van der Waals surface area contributed by atoms with Gasteiger partial charge in [-0.05, 0) is 53.1 Å².